The van der Waals surface area contributed by atoms with E-state index < -0.39 is 26.6 Å². The number of nitrogens with zero attached hydrogens (tertiary/aromatic N) is 1. The Morgan fingerprint density at radius 2 is 1.80 bits per heavy atom. The van der Waals surface area contributed by atoms with Gasteiger partial charge in [0.15, 0.2) is 0 Å². The summed E-state index contributed by atoms with van der Waals surface area (Å²) >= 11 is 0. The third-order valence-electron chi connectivity index (χ3n) is 2.77. The number of benzene rings is 2. The smallest absolute Gasteiger partial charge is 0.266 e. The van der Waals surface area contributed by atoms with Gasteiger partial charge in [-0.05, 0) is 36.4 Å². The maximum Gasteiger partial charge on any atom is 0.266 e. The number of halogens is 2. The quantitative estimate of drug-likeness (QED) is 0.885. The lowest BCUT2D eigenvalue weighted by Crippen LogP contribution is -2.27. The van der Waals surface area contributed by atoms with E-state index >= 15 is 0 Å². The molecule has 4 nitrogen and oxygen atoms in total. The molecule has 106 valence electrons. The van der Waals surface area contributed by atoms with Gasteiger partial charge in [0.1, 0.15) is 16.5 Å². The summed E-state index contributed by atoms with van der Waals surface area (Å²) < 4.78 is 52.3. The molecule has 2 rings (SSSR count). The summed E-state index contributed by atoms with van der Waals surface area (Å²) in [6, 6.07) is 8.31. The van der Waals surface area contributed by atoms with Crippen molar-refractivity contribution in [2.24, 2.45) is 0 Å². The summed E-state index contributed by atoms with van der Waals surface area (Å²) in [5, 5.41) is 0. The largest absolute Gasteiger partial charge is 0.399 e. The molecule has 0 bridgehead atoms. The van der Waals surface area contributed by atoms with Crippen molar-refractivity contribution in [1.29, 1.82) is 0 Å². The minimum Gasteiger partial charge on any atom is -0.399 e. The minimum atomic E-state index is -4.12. The molecule has 0 radical (unpaired) electrons. The Labute approximate surface area is 115 Å². The molecule has 0 aliphatic rings. The fraction of sp³-hybridized carbons (Fsp3) is 0.0769. The molecule has 0 saturated carbocycles. The van der Waals surface area contributed by atoms with Gasteiger partial charge in [0.2, 0.25) is 0 Å². The zero-order chi connectivity index (χ0) is 14.9. The highest BCUT2D eigenvalue weighted by molar-refractivity contribution is 7.92. The average Bonchev–Trinajstić information content (AvgIpc) is 2.37. The lowest BCUT2D eigenvalue weighted by Gasteiger charge is -2.20. The molecule has 20 heavy (non-hydrogen) atoms. The molecule has 0 aliphatic heterocycles. The summed E-state index contributed by atoms with van der Waals surface area (Å²) in [5.41, 5.74) is 5.60. The van der Waals surface area contributed by atoms with E-state index in [1.165, 1.54) is 31.3 Å². The van der Waals surface area contributed by atoms with Crippen LogP contribution < -0.4 is 10.0 Å². The van der Waals surface area contributed by atoms with Crippen molar-refractivity contribution in [3.05, 3.63) is 54.1 Å². The van der Waals surface area contributed by atoms with Gasteiger partial charge in [0, 0.05) is 12.7 Å². The van der Waals surface area contributed by atoms with Gasteiger partial charge in [-0.25, -0.2) is 17.2 Å². The van der Waals surface area contributed by atoms with Crippen molar-refractivity contribution < 1.29 is 17.2 Å². The van der Waals surface area contributed by atoms with E-state index in [1.807, 2.05) is 0 Å². The zero-order valence-electron chi connectivity index (χ0n) is 10.5. The number of nitrogen functional groups attached to an aromatic ring is 1. The van der Waals surface area contributed by atoms with Crippen molar-refractivity contribution in [2.45, 2.75) is 4.90 Å². The molecule has 0 atom stereocenters. The molecule has 0 spiro atoms. The Hall–Kier alpha value is -2.15. The van der Waals surface area contributed by atoms with Crippen LogP contribution in [0.1, 0.15) is 0 Å². The maximum absolute atomic E-state index is 13.7. The van der Waals surface area contributed by atoms with Gasteiger partial charge in [0.05, 0.1) is 5.69 Å². The standard InChI is InChI=1S/C13H12F2N2O2S/c1-17(11-4-2-3-9(14)7-11)20(18,19)13-6-5-10(16)8-12(13)15/h2-8H,16H2,1H3. The van der Waals surface area contributed by atoms with Crippen LogP contribution in [-0.4, -0.2) is 15.5 Å². The molecule has 2 N–H and O–H groups in total. The minimum absolute atomic E-state index is 0.0984. The van der Waals surface area contributed by atoms with E-state index in [1.54, 1.807) is 0 Å². The van der Waals surface area contributed by atoms with E-state index in [2.05, 4.69) is 0 Å². The molecule has 0 aromatic heterocycles. The van der Waals surface area contributed by atoms with Gasteiger partial charge in [-0.2, -0.15) is 0 Å². The summed E-state index contributed by atoms with van der Waals surface area (Å²) in [4.78, 5) is -0.515. The van der Waals surface area contributed by atoms with Crippen molar-refractivity contribution in [3.63, 3.8) is 0 Å². The van der Waals surface area contributed by atoms with Crippen LogP contribution in [0.15, 0.2) is 47.4 Å². The number of rotatable bonds is 3. The van der Waals surface area contributed by atoms with Crippen molar-refractivity contribution in [2.75, 3.05) is 17.1 Å². The van der Waals surface area contributed by atoms with Gasteiger partial charge in [-0.15, -0.1) is 0 Å². The van der Waals surface area contributed by atoms with Crippen LogP contribution in [0.2, 0.25) is 0 Å². The second-order valence-electron chi connectivity index (χ2n) is 4.14. The second-order valence-corrected chi connectivity index (χ2v) is 6.08. The topological polar surface area (TPSA) is 63.4 Å². The fourth-order valence-corrected chi connectivity index (χ4v) is 2.92. The Morgan fingerprint density at radius 3 is 2.40 bits per heavy atom. The SMILES string of the molecule is CN(c1cccc(F)c1)S(=O)(=O)c1ccc(N)cc1F. The molecule has 0 fully saturated rings. The molecular formula is C13H12F2N2O2S. The number of nitrogens with two attached hydrogens (primary N) is 1. The Bertz CT molecular complexity index is 748. The van der Waals surface area contributed by atoms with E-state index in [-0.39, 0.29) is 11.4 Å². The van der Waals surface area contributed by atoms with E-state index in [0.29, 0.717) is 0 Å². The average molecular weight is 298 g/mol. The van der Waals surface area contributed by atoms with E-state index in [4.69, 9.17) is 5.73 Å². The Kier molecular flexibility index (Phi) is 3.63. The third-order valence-corrected chi connectivity index (χ3v) is 4.58. The summed E-state index contributed by atoms with van der Waals surface area (Å²) in [6.07, 6.45) is 0. The van der Waals surface area contributed by atoms with Crippen LogP contribution in [0.25, 0.3) is 0 Å². The number of anilines is 2. The zero-order valence-corrected chi connectivity index (χ0v) is 11.4. The monoisotopic (exact) mass is 298 g/mol. The first-order chi connectivity index (χ1) is 9.32. The predicted octanol–water partition coefficient (Wildman–Crippen LogP) is 2.37. The summed E-state index contributed by atoms with van der Waals surface area (Å²) in [6.45, 7) is 0. The Morgan fingerprint density at radius 1 is 1.10 bits per heavy atom. The normalized spacial score (nSPS) is 11.3. The molecule has 0 amide bonds. The maximum atomic E-state index is 13.7. The molecule has 0 unspecified atom stereocenters. The van der Waals surface area contributed by atoms with Crippen molar-refractivity contribution in [3.8, 4) is 0 Å². The van der Waals surface area contributed by atoms with Gasteiger partial charge < -0.3 is 5.73 Å². The molecule has 0 aliphatic carbocycles. The highest BCUT2D eigenvalue weighted by Gasteiger charge is 2.25. The van der Waals surface area contributed by atoms with E-state index in [9.17, 15) is 17.2 Å². The van der Waals surface area contributed by atoms with Gasteiger partial charge in [-0.3, -0.25) is 4.31 Å². The van der Waals surface area contributed by atoms with Crippen molar-refractivity contribution >= 4 is 21.4 Å². The van der Waals surface area contributed by atoms with Crippen LogP contribution in [-0.2, 0) is 10.0 Å². The first-order valence-corrected chi connectivity index (χ1v) is 7.06. The van der Waals surface area contributed by atoms with Crippen LogP contribution >= 0.6 is 0 Å². The Balaban J connectivity index is 2.49. The number of hydrogen-bond donors (Lipinski definition) is 1. The summed E-state index contributed by atoms with van der Waals surface area (Å²) in [7, 11) is -2.90. The van der Waals surface area contributed by atoms with Crippen LogP contribution in [0.4, 0.5) is 20.2 Å². The summed E-state index contributed by atoms with van der Waals surface area (Å²) in [5.74, 6) is -1.53. The van der Waals surface area contributed by atoms with Crippen LogP contribution in [0.5, 0.6) is 0 Å². The van der Waals surface area contributed by atoms with Crippen LogP contribution in [0.3, 0.4) is 0 Å². The van der Waals surface area contributed by atoms with Gasteiger partial charge in [0.25, 0.3) is 10.0 Å². The predicted molar refractivity (Wildman–Crippen MR) is 72.8 cm³/mol. The molecule has 7 heteroatoms. The number of hydrogen-bond acceptors (Lipinski definition) is 3. The van der Waals surface area contributed by atoms with E-state index in [0.717, 1.165) is 22.5 Å². The van der Waals surface area contributed by atoms with Crippen LogP contribution in [0, 0.1) is 11.6 Å². The number of sulfonamides is 1. The first-order valence-electron chi connectivity index (χ1n) is 5.62. The molecular weight excluding hydrogens is 286 g/mol. The molecule has 0 saturated heterocycles. The first kappa shape index (κ1) is 14.3. The molecule has 2 aromatic carbocycles. The van der Waals surface area contributed by atoms with Crippen molar-refractivity contribution in [1.82, 2.24) is 0 Å². The lowest BCUT2D eigenvalue weighted by atomic mass is 10.3. The third kappa shape index (κ3) is 2.57. The second kappa shape index (κ2) is 5.09. The highest BCUT2D eigenvalue weighted by atomic mass is 32.2. The van der Waals surface area contributed by atoms with Gasteiger partial charge in [-0.1, -0.05) is 6.07 Å². The fourth-order valence-electron chi connectivity index (χ4n) is 1.68. The molecule has 2 aromatic rings. The highest BCUT2D eigenvalue weighted by Crippen LogP contribution is 2.25. The van der Waals surface area contributed by atoms with Gasteiger partial charge >= 0.3 is 0 Å². The lowest BCUT2D eigenvalue weighted by molar-refractivity contribution is 0.566. The molecule has 0 heterocycles.